The van der Waals surface area contributed by atoms with Crippen molar-refractivity contribution >= 4 is 16.5 Å². The number of nitrogens with one attached hydrogen (secondary N) is 1. The average Bonchev–Trinajstić information content (AvgIpc) is 2.83. The summed E-state index contributed by atoms with van der Waals surface area (Å²) in [5.74, 6) is 0. The van der Waals surface area contributed by atoms with Crippen molar-refractivity contribution in [2.45, 2.75) is 6.42 Å². The molecule has 1 aliphatic rings. The SMILES string of the molecule is CNCCN1CC=C(c2cn(C)c3ccccc23)CC1. The summed E-state index contributed by atoms with van der Waals surface area (Å²) < 4.78 is 2.24. The first kappa shape index (κ1) is 13.4. The van der Waals surface area contributed by atoms with E-state index in [9.17, 15) is 0 Å². The highest BCUT2D eigenvalue weighted by Crippen LogP contribution is 2.30. The van der Waals surface area contributed by atoms with Gasteiger partial charge in [0.1, 0.15) is 0 Å². The zero-order chi connectivity index (χ0) is 13.9. The van der Waals surface area contributed by atoms with Crippen LogP contribution >= 0.6 is 0 Å². The Morgan fingerprint density at radius 1 is 1.25 bits per heavy atom. The average molecular weight is 269 g/mol. The molecule has 2 aromatic rings. The van der Waals surface area contributed by atoms with Crippen LogP contribution in [0.4, 0.5) is 0 Å². The Labute approximate surface area is 120 Å². The molecule has 3 rings (SSSR count). The molecule has 3 heteroatoms. The lowest BCUT2D eigenvalue weighted by Gasteiger charge is -2.26. The molecule has 1 aliphatic heterocycles. The summed E-state index contributed by atoms with van der Waals surface area (Å²) in [6, 6.07) is 8.68. The van der Waals surface area contributed by atoms with Crippen LogP contribution in [0.3, 0.4) is 0 Å². The van der Waals surface area contributed by atoms with Crippen molar-refractivity contribution in [3.8, 4) is 0 Å². The van der Waals surface area contributed by atoms with Crippen LogP contribution in [0.25, 0.3) is 16.5 Å². The van der Waals surface area contributed by atoms with Crippen LogP contribution in [-0.2, 0) is 7.05 Å². The molecular weight excluding hydrogens is 246 g/mol. The van der Waals surface area contributed by atoms with E-state index >= 15 is 0 Å². The second kappa shape index (κ2) is 5.81. The maximum Gasteiger partial charge on any atom is 0.0484 e. The maximum atomic E-state index is 3.22. The zero-order valence-electron chi connectivity index (χ0n) is 12.4. The smallest absolute Gasteiger partial charge is 0.0484 e. The number of benzene rings is 1. The van der Waals surface area contributed by atoms with Gasteiger partial charge in [0.25, 0.3) is 0 Å². The van der Waals surface area contributed by atoms with Gasteiger partial charge in [0.05, 0.1) is 0 Å². The Kier molecular flexibility index (Phi) is 3.90. The van der Waals surface area contributed by atoms with E-state index in [2.05, 4.69) is 58.4 Å². The molecule has 0 radical (unpaired) electrons. The summed E-state index contributed by atoms with van der Waals surface area (Å²) in [6.07, 6.45) is 5.83. The van der Waals surface area contributed by atoms with Gasteiger partial charge in [0, 0.05) is 55.9 Å². The lowest BCUT2D eigenvalue weighted by atomic mass is 9.99. The van der Waals surface area contributed by atoms with Crippen molar-refractivity contribution in [3.05, 3.63) is 42.1 Å². The highest BCUT2D eigenvalue weighted by molar-refractivity contribution is 5.93. The van der Waals surface area contributed by atoms with Crippen LogP contribution in [0.1, 0.15) is 12.0 Å². The fraction of sp³-hybridized carbons (Fsp3) is 0.412. The Hall–Kier alpha value is -1.58. The van der Waals surface area contributed by atoms with Gasteiger partial charge in [-0.3, -0.25) is 4.90 Å². The van der Waals surface area contributed by atoms with Gasteiger partial charge < -0.3 is 9.88 Å². The molecule has 1 aromatic carbocycles. The highest BCUT2D eigenvalue weighted by Gasteiger charge is 2.15. The molecule has 0 saturated carbocycles. The van der Waals surface area contributed by atoms with Crippen molar-refractivity contribution in [2.24, 2.45) is 7.05 Å². The second-order valence-electron chi connectivity index (χ2n) is 5.55. The van der Waals surface area contributed by atoms with Crippen molar-refractivity contribution in [1.29, 1.82) is 0 Å². The van der Waals surface area contributed by atoms with E-state index < -0.39 is 0 Å². The van der Waals surface area contributed by atoms with E-state index in [1.165, 1.54) is 22.0 Å². The van der Waals surface area contributed by atoms with Gasteiger partial charge in [0.15, 0.2) is 0 Å². The van der Waals surface area contributed by atoms with Gasteiger partial charge >= 0.3 is 0 Å². The summed E-state index contributed by atoms with van der Waals surface area (Å²) >= 11 is 0. The number of rotatable bonds is 4. The first-order valence-electron chi connectivity index (χ1n) is 7.40. The van der Waals surface area contributed by atoms with E-state index in [1.54, 1.807) is 0 Å². The number of fused-ring (bicyclic) bond motifs is 1. The third-order valence-electron chi connectivity index (χ3n) is 4.21. The van der Waals surface area contributed by atoms with Crippen molar-refractivity contribution in [1.82, 2.24) is 14.8 Å². The van der Waals surface area contributed by atoms with E-state index in [4.69, 9.17) is 0 Å². The Bertz CT molecular complexity index is 624. The van der Waals surface area contributed by atoms with Gasteiger partial charge in [0.2, 0.25) is 0 Å². The number of aryl methyl sites for hydroxylation is 1. The maximum absolute atomic E-state index is 3.22. The molecule has 3 nitrogen and oxygen atoms in total. The van der Waals surface area contributed by atoms with Crippen LogP contribution in [-0.4, -0.2) is 42.7 Å². The van der Waals surface area contributed by atoms with Crippen molar-refractivity contribution in [2.75, 3.05) is 33.2 Å². The fourth-order valence-electron chi connectivity index (χ4n) is 3.03. The third-order valence-corrected chi connectivity index (χ3v) is 4.21. The predicted molar refractivity (Wildman–Crippen MR) is 85.9 cm³/mol. The van der Waals surface area contributed by atoms with Crippen LogP contribution in [0.5, 0.6) is 0 Å². The number of aromatic nitrogens is 1. The second-order valence-corrected chi connectivity index (χ2v) is 5.55. The van der Waals surface area contributed by atoms with E-state index in [0.717, 1.165) is 32.6 Å². The predicted octanol–water partition coefficient (Wildman–Crippen LogP) is 2.49. The quantitative estimate of drug-likeness (QED) is 0.920. The highest BCUT2D eigenvalue weighted by atomic mass is 15.1. The number of likely N-dealkylation sites (N-methyl/N-ethyl adjacent to an activating group) is 1. The van der Waals surface area contributed by atoms with Gasteiger partial charge in [-0.15, -0.1) is 0 Å². The molecular formula is C17H23N3. The van der Waals surface area contributed by atoms with Crippen molar-refractivity contribution < 1.29 is 0 Å². The summed E-state index contributed by atoms with van der Waals surface area (Å²) in [4.78, 5) is 2.51. The largest absolute Gasteiger partial charge is 0.350 e. The molecule has 1 aromatic heterocycles. The third kappa shape index (κ3) is 2.51. The molecule has 0 amide bonds. The lowest BCUT2D eigenvalue weighted by Crippen LogP contribution is -2.34. The number of hydrogen-bond acceptors (Lipinski definition) is 2. The topological polar surface area (TPSA) is 20.2 Å². The molecule has 0 bridgehead atoms. The molecule has 2 heterocycles. The number of para-hydroxylation sites is 1. The Morgan fingerprint density at radius 3 is 2.85 bits per heavy atom. The summed E-state index contributed by atoms with van der Waals surface area (Å²) in [7, 11) is 4.15. The Morgan fingerprint density at radius 2 is 2.10 bits per heavy atom. The van der Waals surface area contributed by atoms with Crippen LogP contribution < -0.4 is 5.32 Å². The molecule has 0 fully saturated rings. The first-order chi connectivity index (χ1) is 9.79. The molecule has 0 saturated heterocycles. The van der Waals surface area contributed by atoms with Gasteiger partial charge in [-0.25, -0.2) is 0 Å². The molecule has 0 aliphatic carbocycles. The van der Waals surface area contributed by atoms with Gasteiger partial charge in [-0.05, 0) is 25.1 Å². The molecule has 0 spiro atoms. The zero-order valence-corrected chi connectivity index (χ0v) is 12.4. The minimum absolute atomic E-state index is 1.07. The van der Waals surface area contributed by atoms with Gasteiger partial charge in [-0.2, -0.15) is 0 Å². The van der Waals surface area contributed by atoms with Gasteiger partial charge in [-0.1, -0.05) is 24.3 Å². The Balaban J connectivity index is 1.84. The van der Waals surface area contributed by atoms with E-state index in [1.807, 2.05) is 7.05 Å². The van der Waals surface area contributed by atoms with Crippen LogP contribution in [0.15, 0.2) is 36.5 Å². The number of nitrogens with zero attached hydrogens (tertiary/aromatic N) is 2. The lowest BCUT2D eigenvalue weighted by molar-refractivity contribution is 0.303. The monoisotopic (exact) mass is 269 g/mol. The molecule has 0 unspecified atom stereocenters. The molecule has 20 heavy (non-hydrogen) atoms. The van der Waals surface area contributed by atoms with Crippen LogP contribution in [0.2, 0.25) is 0 Å². The number of hydrogen-bond donors (Lipinski definition) is 1. The fourth-order valence-corrected chi connectivity index (χ4v) is 3.03. The van der Waals surface area contributed by atoms with E-state index in [-0.39, 0.29) is 0 Å². The molecule has 1 N–H and O–H groups in total. The molecule has 0 atom stereocenters. The summed E-state index contributed by atoms with van der Waals surface area (Å²) in [5, 5.41) is 4.60. The first-order valence-corrected chi connectivity index (χ1v) is 7.40. The summed E-state index contributed by atoms with van der Waals surface area (Å²) in [5.41, 5.74) is 4.24. The minimum atomic E-state index is 1.07. The van der Waals surface area contributed by atoms with Crippen molar-refractivity contribution in [3.63, 3.8) is 0 Å². The normalized spacial score (nSPS) is 16.6. The van der Waals surface area contributed by atoms with E-state index in [0.29, 0.717) is 0 Å². The summed E-state index contributed by atoms with van der Waals surface area (Å²) in [6.45, 7) is 4.43. The van der Waals surface area contributed by atoms with Crippen LogP contribution in [0, 0.1) is 0 Å². The minimum Gasteiger partial charge on any atom is -0.350 e. The standard InChI is InChI=1S/C17H23N3/c1-18-9-12-20-10-7-14(8-11-20)16-13-19(2)17-6-4-3-5-15(16)17/h3-7,13,18H,8-12H2,1-2H3. The molecule has 106 valence electrons.